The summed E-state index contributed by atoms with van der Waals surface area (Å²) in [6.45, 7) is 4.68. The summed E-state index contributed by atoms with van der Waals surface area (Å²) in [5, 5.41) is 2.54. The molecule has 0 unspecified atom stereocenters. The van der Waals surface area contributed by atoms with Gasteiger partial charge in [0.05, 0.1) is 5.56 Å². The zero-order valence-corrected chi connectivity index (χ0v) is 12.2. The summed E-state index contributed by atoms with van der Waals surface area (Å²) >= 11 is 0. The Kier molecular flexibility index (Phi) is 4.54. The molecule has 0 aliphatic heterocycles. The molecule has 118 valence electrons. The summed E-state index contributed by atoms with van der Waals surface area (Å²) in [6.07, 6.45) is -1.24. The first-order valence-corrected chi connectivity index (χ1v) is 6.77. The Morgan fingerprint density at radius 2 is 2.09 bits per heavy atom. The number of halogens is 3. The molecule has 0 bridgehead atoms. The van der Waals surface area contributed by atoms with Gasteiger partial charge >= 0.3 is 6.18 Å². The summed E-state index contributed by atoms with van der Waals surface area (Å²) < 4.78 is 39.8. The first-order valence-electron chi connectivity index (χ1n) is 6.77. The van der Waals surface area contributed by atoms with Crippen LogP contribution in [0.4, 0.5) is 19.1 Å². The highest BCUT2D eigenvalue weighted by Crippen LogP contribution is 2.29. The number of hydrogen-bond donors (Lipinski definition) is 1. The molecular weight excluding hydrogens is 295 g/mol. The molecule has 0 fully saturated rings. The number of rotatable bonds is 4. The lowest BCUT2D eigenvalue weighted by Gasteiger charge is -2.12. The Morgan fingerprint density at radius 1 is 1.36 bits per heavy atom. The average molecular weight is 311 g/mol. The van der Waals surface area contributed by atoms with E-state index in [9.17, 15) is 18.0 Å². The van der Waals surface area contributed by atoms with Crippen LogP contribution in [-0.4, -0.2) is 15.5 Å². The van der Waals surface area contributed by atoms with Crippen molar-refractivity contribution >= 4 is 11.9 Å². The number of alkyl halides is 3. The van der Waals surface area contributed by atoms with Crippen LogP contribution in [0.25, 0.3) is 0 Å². The Bertz CT molecular complexity index is 662. The maximum absolute atomic E-state index is 12.7. The molecule has 1 aromatic heterocycles. The average Bonchev–Trinajstić information content (AvgIpc) is 2.84. The van der Waals surface area contributed by atoms with Crippen LogP contribution in [0, 0.1) is 5.92 Å². The van der Waals surface area contributed by atoms with Crippen LogP contribution in [0.5, 0.6) is 0 Å². The van der Waals surface area contributed by atoms with Gasteiger partial charge in [-0.1, -0.05) is 19.9 Å². The molecule has 0 aliphatic rings. The lowest BCUT2D eigenvalue weighted by atomic mass is 10.1. The molecule has 7 heteroatoms. The van der Waals surface area contributed by atoms with Crippen LogP contribution < -0.4 is 5.32 Å². The highest BCUT2D eigenvalue weighted by molar-refractivity contribution is 6.03. The Labute approximate surface area is 126 Å². The molecule has 2 aromatic rings. The monoisotopic (exact) mass is 311 g/mol. The van der Waals surface area contributed by atoms with Gasteiger partial charge in [-0.25, -0.2) is 4.98 Å². The van der Waals surface area contributed by atoms with Gasteiger partial charge in [0.15, 0.2) is 0 Å². The normalized spacial score (nSPS) is 11.7. The number of nitrogens with one attached hydrogen (secondary N) is 1. The van der Waals surface area contributed by atoms with Crippen LogP contribution in [0.15, 0.2) is 36.7 Å². The van der Waals surface area contributed by atoms with Crippen molar-refractivity contribution in [3.8, 4) is 0 Å². The topological polar surface area (TPSA) is 46.9 Å². The molecule has 0 spiro atoms. The van der Waals surface area contributed by atoms with Gasteiger partial charge in [0, 0.05) is 24.5 Å². The van der Waals surface area contributed by atoms with E-state index in [1.165, 1.54) is 18.3 Å². The van der Waals surface area contributed by atoms with Gasteiger partial charge in [-0.3, -0.25) is 10.1 Å². The van der Waals surface area contributed by atoms with Gasteiger partial charge in [0.25, 0.3) is 5.91 Å². The molecule has 2 rings (SSSR count). The standard InChI is InChI=1S/C15H16F3N3O/c1-10(2)9-21-7-6-19-14(21)20-13(22)11-4-3-5-12(8-11)15(16,17)18/h3-8,10H,9H2,1-2H3,(H,19,20,22). The zero-order chi connectivity index (χ0) is 16.3. The third-order valence-electron chi connectivity index (χ3n) is 2.95. The first kappa shape index (κ1) is 16.1. The lowest BCUT2D eigenvalue weighted by molar-refractivity contribution is -0.137. The minimum absolute atomic E-state index is 0.0612. The number of hydrogen-bond acceptors (Lipinski definition) is 2. The molecule has 0 aliphatic carbocycles. The molecule has 4 nitrogen and oxygen atoms in total. The highest BCUT2D eigenvalue weighted by Gasteiger charge is 2.30. The summed E-state index contributed by atoms with van der Waals surface area (Å²) in [4.78, 5) is 16.1. The van der Waals surface area contributed by atoms with E-state index in [1.54, 1.807) is 10.8 Å². The first-order chi connectivity index (χ1) is 10.3. The predicted molar refractivity (Wildman–Crippen MR) is 76.5 cm³/mol. The number of imidazole rings is 1. The summed E-state index contributed by atoms with van der Waals surface area (Å²) in [7, 11) is 0. The summed E-state index contributed by atoms with van der Waals surface area (Å²) in [5.74, 6) is 0.0387. The number of benzene rings is 1. The largest absolute Gasteiger partial charge is 0.416 e. The number of aromatic nitrogens is 2. The van der Waals surface area contributed by atoms with Crippen LogP contribution in [-0.2, 0) is 12.7 Å². The third-order valence-corrected chi connectivity index (χ3v) is 2.95. The van der Waals surface area contributed by atoms with Gasteiger partial charge in [-0.2, -0.15) is 13.2 Å². The van der Waals surface area contributed by atoms with Crippen molar-refractivity contribution in [3.05, 3.63) is 47.8 Å². The molecule has 0 saturated carbocycles. The lowest BCUT2D eigenvalue weighted by Crippen LogP contribution is -2.18. The molecular formula is C15H16F3N3O. The Balaban J connectivity index is 2.18. The van der Waals surface area contributed by atoms with Gasteiger partial charge in [-0.05, 0) is 24.1 Å². The second kappa shape index (κ2) is 6.21. The van der Waals surface area contributed by atoms with Crippen molar-refractivity contribution in [2.24, 2.45) is 5.92 Å². The van der Waals surface area contributed by atoms with Crippen molar-refractivity contribution < 1.29 is 18.0 Å². The molecule has 1 amide bonds. The molecule has 1 N–H and O–H groups in total. The van der Waals surface area contributed by atoms with Gasteiger partial charge in [-0.15, -0.1) is 0 Å². The smallest absolute Gasteiger partial charge is 0.317 e. The molecule has 0 radical (unpaired) electrons. The van der Waals surface area contributed by atoms with E-state index in [0.717, 1.165) is 12.1 Å². The van der Waals surface area contributed by atoms with Crippen molar-refractivity contribution in [1.82, 2.24) is 9.55 Å². The third kappa shape index (κ3) is 3.87. The van der Waals surface area contributed by atoms with Gasteiger partial charge in [0.2, 0.25) is 5.95 Å². The quantitative estimate of drug-likeness (QED) is 0.933. The number of carbonyl (C=O) groups excluding carboxylic acids is 1. The highest BCUT2D eigenvalue weighted by atomic mass is 19.4. The second-order valence-corrected chi connectivity index (χ2v) is 5.33. The SMILES string of the molecule is CC(C)Cn1ccnc1NC(=O)c1cccc(C(F)(F)F)c1. The molecule has 1 heterocycles. The van der Waals surface area contributed by atoms with Crippen LogP contribution in [0.2, 0.25) is 0 Å². The van der Waals surface area contributed by atoms with Crippen LogP contribution >= 0.6 is 0 Å². The molecule has 0 saturated heterocycles. The van der Waals surface area contributed by atoms with Gasteiger partial charge < -0.3 is 4.57 Å². The fourth-order valence-electron chi connectivity index (χ4n) is 1.98. The molecule has 22 heavy (non-hydrogen) atoms. The Hall–Kier alpha value is -2.31. The minimum Gasteiger partial charge on any atom is -0.317 e. The minimum atomic E-state index is -4.48. The number of carbonyl (C=O) groups is 1. The maximum atomic E-state index is 12.7. The van der Waals surface area contributed by atoms with Crippen LogP contribution in [0.3, 0.4) is 0 Å². The fraction of sp³-hybridized carbons (Fsp3) is 0.333. The summed E-state index contributed by atoms with van der Waals surface area (Å²) in [5.41, 5.74) is -0.917. The number of amides is 1. The van der Waals surface area contributed by atoms with Crippen molar-refractivity contribution in [2.75, 3.05) is 5.32 Å². The van der Waals surface area contributed by atoms with Crippen molar-refractivity contribution in [2.45, 2.75) is 26.6 Å². The molecule has 1 aromatic carbocycles. The van der Waals surface area contributed by atoms with E-state index >= 15 is 0 Å². The summed E-state index contributed by atoms with van der Waals surface area (Å²) in [6, 6.07) is 4.29. The number of anilines is 1. The fourth-order valence-corrected chi connectivity index (χ4v) is 1.98. The Morgan fingerprint density at radius 3 is 2.73 bits per heavy atom. The van der Waals surface area contributed by atoms with Gasteiger partial charge in [0.1, 0.15) is 0 Å². The van der Waals surface area contributed by atoms with E-state index in [-0.39, 0.29) is 5.56 Å². The number of nitrogens with zero attached hydrogens (tertiary/aromatic N) is 2. The van der Waals surface area contributed by atoms with Crippen molar-refractivity contribution in [3.63, 3.8) is 0 Å². The predicted octanol–water partition coefficient (Wildman–Crippen LogP) is 3.81. The van der Waals surface area contributed by atoms with Crippen LogP contribution in [0.1, 0.15) is 29.8 Å². The van der Waals surface area contributed by atoms with E-state index < -0.39 is 17.6 Å². The van der Waals surface area contributed by atoms with E-state index in [2.05, 4.69) is 10.3 Å². The zero-order valence-electron chi connectivity index (χ0n) is 12.2. The molecule has 0 atom stereocenters. The van der Waals surface area contributed by atoms with E-state index in [0.29, 0.717) is 18.4 Å². The maximum Gasteiger partial charge on any atom is 0.416 e. The van der Waals surface area contributed by atoms with E-state index in [1.807, 2.05) is 13.8 Å². The second-order valence-electron chi connectivity index (χ2n) is 5.33. The van der Waals surface area contributed by atoms with Crippen molar-refractivity contribution in [1.29, 1.82) is 0 Å². The van der Waals surface area contributed by atoms with E-state index in [4.69, 9.17) is 0 Å².